The molecule has 2 aliphatic heterocycles. The van der Waals surface area contributed by atoms with Gasteiger partial charge in [-0.05, 0) is 12.8 Å². The number of urea groups is 1. The summed E-state index contributed by atoms with van der Waals surface area (Å²) in [5.74, 6) is -0.237. The number of nitrogens with one attached hydrogen (secondary N) is 1. The van der Waals surface area contributed by atoms with Crippen LogP contribution in [0.5, 0.6) is 0 Å². The molecule has 3 amide bonds. The molecule has 108 valence electrons. The second-order valence-electron chi connectivity index (χ2n) is 4.84. The van der Waals surface area contributed by atoms with E-state index in [1.165, 1.54) is 27.6 Å². The summed E-state index contributed by atoms with van der Waals surface area (Å²) in [6.45, 7) is 0.680. The lowest BCUT2D eigenvalue weighted by Crippen LogP contribution is -2.51. The number of hydrogen-bond donors (Lipinski definition) is 1. The third-order valence-corrected chi connectivity index (χ3v) is 5.40. The fourth-order valence-electron chi connectivity index (χ4n) is 2.37. The van der Waals surface area contributed by atoms with Crippen LogP contribution in [0.3, 0.4) is 0 Å². The van der Waals surface area contributed by atoms with Gasteiger partial charge in [0.05, 0.1) is 6.54 Å². The van der Waals surface area contributed by atoms with Gasteiger partial charge in [0.1, 0.15) is 0 Å². The van der Waals surface area contributed by atoms with E-state index in [1.807, 2.05) is 0 Å². The molecule has 9 heteroatoms. The number of hydrogen-bond acceptors (Lipinski definition) is 4. The van der Waals surface area contributed by atoms with Crippen molar-refractivity contribution in [1.29, 1.82) is 0 Å². The van der Waals surface area contributed by atoms with Gasteiger partial charge in [0.25, 0.3) is 10.2 Å². The van der Waals surface area contributed by atoms with Gasteiger partial charge >= 0.3 is 6.03 Å². The smallest absolute Gasteiger partial charge is 0.324 e. The van der Waals surface area contributed by atoms with Gasteiger partial charge in [-0.1, -0.05) is 0 Å². The first-order chi connectivity index (χ1) is 8.84. The molecule has 19 heavy (non-hydrogen) atoms. The standard InChI is InChI=1S/C10H18N4O4S/c1-12(2)19(17,18)13-5-3-8(4-6-13)14-9(15)7-11-10(14)16/h8H,3-7H2,1-2H3,(H,11,16). The summed E-state index contributed by atoms with van der Waals surface area (Å²) in [6.07, 6.45) is 0.957. The zero-order chi connectivity index (χ0) is 14.2. The second-order valence-corrected chi connectivity index (χ2v) is 6.99. The molecule has 2 aliphatic rings. The Morgan fingerprint density at radius 3 is 2.21 bits per heavy atom. The van der Waals surface area contributed by atoms with Gasteiger partial charge in [-0.2, -0.15) is 17.0 Å². The van der Waals surface area contributed by atoms with Crippen LogP contribution >= 0.6 is 0 Å². The fourth-order valence-corrected chi connectivity index (χ4v) is 3.50. The summed E-state index contributed by atoms with van der Waals surface area (Å²) in [6, 6.07) is -0.581. The molecule has 2 saturated heterocycles. The summed E-state index contributed by atoms with van der Waals surface area (Å²) >= 11 is 0. The Bertz CT molecular complexity index is 466. The van der Waals surface area contributed by atoms with Gasteiger partial charge < -0.3 is 5.32 Å². The van der Waals surface area contributed by atoms with Crippen molar-refractivity contribution in [1.82, 2.24) is 18.8 Å². The van der Waals surface area contributed by atoms with Crippen LogP contribution in [0.25, 0.3) is 0 Å². The van der Waals surface area contributed by atoms with E-state index >= 15 is 0 Å². The molecule has 2 rings (SSSR count). The van der Waals surface area contributed by atoms with Crippen molar-refractivity contribution in [2.45, 2.75) is 18.9 Å². The van der Waals surface area contributed by atoms with Gasteiger partial charge in [-0.3, -0.25) is 9.69 Å². The number of piperidine rings is 1. The second kappa shape index (κ2) is 5.06. The molecule has 0 aliphatic carbocycles. The number of carbonyl (C=O) groups is 2. The van der Waals surface area contributed by atoms with E-state index in [2.05, 4.69) is 5.32 Å². The van der Waals surface area contributed by atoms with Crippen molar-refractivity contribution in [2.75, 3.05) is 33.7 Å². The molecule has 0 saturated carbocycles. The van der Waals surface area contributed by atoms with Crippen LogP contribution in [0, 0.1) is 0 Å². The number of nitrogens with zero attached hydrogens (tertiary/aromatic N) is 3. The van der Waals surface area contributed by atoms with Gasteiger partial charge in [-0.25, -0.2) is 4.79 Å². The lowest BCUT2D eigenvalue weighted by Gasteiger charge is -2.35. The van der Waals surface area contributed by atoms with Crippen molar-refractivity contribution in [3.05, 3.63) is 0 Å². The maximum absolute atomic E-state index is 11.9. The monoisotopic (exact) mass is 290 g/mol. The van der Waals surface area contributed by atoms with Crippen LogP contribution < -0.4 is 5.32 Å². The molecular weight excluding hydrogens is 272 g/mol. The van der Waals surface area contributed by atoms with Gasteiger partial charge in [0.15, 0.2) is 0 Å². The predicted molar refractivity (Wildman–Crippen MR) is 67.4 cm³/mol. The Morgan fingerprint density at radius 1 is 1.21 bits per heavy atom. The minimum absolute atomic E-state index is 0.0368. The molecule has 0 aromatic carbocycles. The fraction of sp³-hybridized carbons (Fsp3) is 0.800. The van der Waals surface area contributed by atoms with E-state index in [1.54, 1.807) is 0 Å². The van der Waals surface area contributed by atoms with E-state index in [9.17, 15) is 18.0 Å². The van der Waals surface area contributed by atoms with E-state index in [-0.39, 0.29) is 24.5 Å². The number of carbonyl (C=O) groups excluding carboxylic acids is 2. The maximum atomic E-state index is 11.9. The molecule has 2 fully saturated rings. The number of imide groups is 1. The van der Waals surface area contributed by atoms with Crippen molar-refractivity contribution < 1.29 is 18.0 Å². The third-order valence-electron chi connectivity index (χ3n) is 3.45. The zero-order valence-electron chi connectivity index (χ0n) is 11.0. The van der Waals surface area contributed by atoms with Crippen LogP contribution in [0.4, 0.5) is 4.79 Å². The van der Waals surface area contributed by atoms with E-state index in [4.69, 9.17) is 0 Å². The summed E-state index contributed by atoms with van der Waals surface area (Å²) < 4.78 is 26.4. The minimum Gasteiger partial charge on any atom is -0.329 e. The number of rotatable bonds is 3. The van der Waals surface area contributed by atoms with Crippen molar-refractivity contribution in [2.24, 2.45) is 0 Å². The third kappa shape index (κ3) is 2.58. The highest BCUT2D eigenvalue weighted by Crippen LogP contribution is 2.21. The van der Waals surface area contributed by atoms with Crippen molar-refractivity contribution >= 4 is 22.1 Å². The first-order valence-corrected chi connectivity index (χ1v) is 7.51. The van der Waals surface area contributed by atoms with Crippen molar-refractivity contribution in [3.63, 3.8) is 0 Å². The molecule has 0 aromatic heterocycles. The molecular formula is C10H18N4O4S. The lowest BCUT2D eigenvalue weighted by molar-refractivity contribution is -0.127. The van der Waals surface area contributed by atoms with Gasteiger partial charge in [0.2, 0.25) is 5.91 Å². The lowest BCUT2D eigenvalue weighted by atomic mass is 10.1. The van der Waals surface area contributed by atoms with Crippen LogP contribution in [-0.4, -0.2) is 73.6 Å². The average Bonchev–Trinajstić information content (AvgIpc) is 2.69. The number of amides is 3. The van der Waals surface area contributed by atoms with E-state index in [0.717, 1.165) is 0 Å². The van der Waals surface area contributed by atoms with Gasteiger partial charge in [-0.15, -0.1) is 0 Å². The molecule has 0 aromatic rings. The van der Waals surface area contributed by atoms with Gasteiger partial charge in [0, 0.05) is 33.2 Å². The van der Waals surface area contributed by atoms with Crippen LogP contribution in [0.15, 0.2) is 0 Å². The Hall–Kier alpha value is -1.19. The molecule has 0 unspecified atom stereocenters. The molecule has 2 heterocycles. The first-order valence-electron chi connectivity index (χ1n) is 6.11. The highest BCUT2D eigenvalue weighted by Gasteiger charge is 2.38. The largest absolute Gasteiger partial charge is 0.329 e. The van der Waals surface area contributed by atoms with Crippen LogP contribution in [0.1, 0.15) is 12.8 Å². The molecule has 0 bridgehead atoms. The molecule has 8 nitrogen and oxygen atoms in total. The summed E-state index contributed by atoms with van der Waals surface area (Å²) in [7, 11) is -0.441. The summed E-state index contributed by atoms with van der Waals surface area (Å²) in [5.41, 5.74) is 0. The first kappa shape index (κ1) is 14.2. The molecule has 0 atom stereocenters. The highest BCUT2D eigenvalue weighted by atomic mass is 32.2. The van der Waals surface area contributed by atoms with Crippen LogP contribution in [-0.2, 0) is 15.0 Å². The summed E-state index contributed by atoms with van der Waals surface area (Å²) in [4.78, 5) is 24.3. The van der Waals surface area contributed by atoms with E-state index < -0.39 is 10.2 Å². The Labute approximate surface area is 112 Å². The zero-order valence-corrected chi connectivity index (χ0v) is 11.8. The van der Waals surface area contributed by atoms with E-state index in [0.29, 0.717) is 25.9 Å². The Balaban J connectivity index is 2.00. The topological polar surface area (TPSA) is 90.0 Å². The molecule has 0 spiro atoms. The molecule has 1 N–H and O–H groups in total. The molecule has 0 radical (unpaired) electrons. The van der Waals surface area contributed by atoms with Crippen LogP contribution in [0.2, 0.25) is 0 Å². The maximum Gasteiger partial charge on any atom is 0.324 e. The normalized spacial score (nSPS) is 23.2. The Morgan fingerprint density at radius 2 is 1.79 bits per heavy atom. The Kier molecular flexibility index (Phi) is 3.79. The predicted octanol–water partition coefficient (Wildman–Crippen LogP) is -1.19. The van der Waals surface area contributed by atoms with Crippen molar-refractivity contribution in [3.8, 4) is 0 Å². The quantitative estimate of drug-likeness (QED) is 0.662. The SMILES string of the molecule is CN(C)S(=O)(=O)N1CCC(N2C(=O)CNC2=O)CC1. The average molecular weight is 290 g/mol. The highest BCUT2D eigenvalue weighted by molar-refractivity contribution is 7.86. The summed E-state index contributed by atoms with van der Waals surface area (Å²) in [5, 5.41) is 2.47. The minimum atomic E-state index is -3.41.